The van der Waals surface area contributed by atoms with E-state index in [0.29, 0.717) is 5.69 Å². The summed E-state index contributed by atoms with van der Waals surface area (Å²) in [5.74, 6) is -2.14. The normalized spacial score (nSPS) is 10.8. The number of benzene rings is 1. The average molecular weight is 291 g/mol. The topological polar surface area (TPSA) is 95.7 Å². The van der Waals surface area contributed by atoms with Gasteiger partial charge in [-0.2, -0.15) is 5.10 Å². The first kappa shape index (κ1) is 14.8. The van der Waals surface area contributed by atoms with Crippen LogP contribution in [0.4, 0.5) is 5.69 Å². The number of aliphatic carboxylic acids is 2. The molecule has 2 rings (SSSR count). The van der Waals surface area contributed by atoms with Crippen molar-refractivity contribution in [2.45, 2.75) is 13.8 Å². The van der Waals surface area contributed by atoms with Crippen molar-refractivity contribution in [1.29, 1.82) is 0 Å². The first-order chi connectivity index (χ1) is 9.79. The van der Waals surface area contributed by atoms with E-state index < -0.39 is 11.9 Å². The molecule has 2 aromatic rings. The van der Waals surface area contributed by atoms with Crippen LogP contribution < -0.4 is 4.90 Å². The fraction of sp³-hybridized carbons (Fsp3) is 0.357. The number of rotatable bonds is 5. The molecule has 1 aromatic carbocycles. The zero-order valence-corrected chi connectivity index (χ0v) is 12.1. The highest BCUT2D eigenvalue weighted by molar-refractivity contribution is 5.89. The number of carboxylic acid groups (broad SMARTS) is 2. The summed E-state index contributed by atoms with van der Waals surface area (Å²) >= 11 is 0. The number of fused-ring (bicyclic) bond motifs is 1. The van der Waals surface area contributed by atoms with E-state index in [-0.39, 0.29) is 13.1 Å². The van der Waals surface area contributed by atoms with Gasteiger partial charge in [0.1, 0.15) is 13.1 Å². The van der Waals surface area contributed by atoms with Gasteiger partial charge in [0, 0.05) is 18.1 Å². The number of carbonyl (C=O) groups is 2. The van der Waals surface area contributed by atoms with Gasteiger partial charge in [-0.15, -0.1) is 0 Å². The zero-order chi connectivity index (χ0) is 15.7. The van der Waals surface area contributed by atoms with Crippen molar-refractivity contribution in [1.82, 2.24) is 9.78 Å². The molecule has 7 nitrogen and oxygen atoms in total. The van der Waals surface area contributed by atoms with Crippen LogP contribution in [0.5, 0.6) is 0 Å². The second-order valence-electron chi connectivity index (χ2n) is 5.01. The molecule has 0 spiro atoms. The Morgan fingerprint density at radius 3 is 2.29 bits per heavy atom. The standard InChI is InChI=1S/C14H17N3O4/c1-8-4-12-10(9(2)15-16(12)3)5-11(8)17(6-13(18)19)7-14(20)21/h4-5H,6-7H2,1-3H3,(H,18,19)(H,20,21). The van der Waals surface area contributed by atoms with Crippen LogP contribution in [0.1, 0.15) is 11.3 Å². The summed E-state index contributed by atoms with van der Waals surface area (Å²) in [4.78, 5) is 23.3. The van der Waals surface area contributed by atoms with E-state index in [4.69, 9.17) is 10.2 Å². The molecule has 0 aliphatic rings. The van der Waals surface area contributed by atoms with E-state index in [1.165, 1.54) is 4.90 Å². The third-order valence-electron chi connectivity index (χ3n) is 3.35. The molecule has 0 aliphatic heterocycles. The summed E-state index contributed by atoms with van der Waals surface area (Å²) in [5, 5.41) is 23.1. The minimum Gasteiger partial charge on any atom is -0.480 e. The summed E-state index contributed by atoms with van der Waals surface area (Å²) in [7, 11) is 1.83. The number of hydrogen-bond donors (Lipinski definition) is 2. The minimum atomic E-state index is -1.07. The monoisotopic (exact) mass is 291 g/mol. The smallest absolute Gasteiger partial charge is 0.323 e. The fourth-order valence-electron chi connectivity index (χ4n) is 2.47. The highest BCUT2D eigenvalue weighted by atomic mass is 16.4. The number of nitrogens with zero attached hydrogens (tertiary/aromatic N) is 3. The molecule has 0 saturated heterocycles. The molecule has 0 bridgehead atoms. The SMILES string of the molecule is Cc1cc2c(cc1N(CC(=O)O)CC(=O)O)c(C)nn2C. The molecule has 0 atom stereocenters. The van der Waals surface area contributed by atoms with Gasteiger partial charge < -0.3 is 15.1 Å². The summed E-state index contributed by atoms with van der Waals surface area (Å²) in [6.07, 6.45) is 0. The summed E-state index contributed by atoms with van der Waals surface area (Å²) < 4.78 is 1.75. The minimum absolute atomic E-state index is 0.363. The summed E-state index contributed by atoms with van der Waals surface area (Å²) in [6, 6.07) is 3.69. The second kappa shape index (κ2) is 5.43. The highest BCUT2D eigenvalue weighted by Gasteiger charge is 2.18. The molecular weight excluding hydrogens is 274 g/mol. The Labute approximate surface area is 121 Å². The van der Waals surface area contributed by atoms with Crippen LogP contribution in [-0.4, -0.2) is 45.0 Å². The highest BCUT2D eigenvalue weighted by Crippen LogP contribution is 2.28. The first-order valence-corrected chi connectivity index (χ1v) is 6.42. The van der Waals surface area contributed by atoms with E-state index in [1.54, 1.807) is 10.7 Å². The van der Waals surface area contributed by atoms with Crippen molar-refractivity contribution in [2.75, 3.05) is 18.0 Å². The number of aryl methyl sites for hydroxylation is 3. The van der Waals surface area contributed by atoms with Crippen molar-refractivity contribution in [2.24, 2.45) is 7.05 Å². The first-order valence-electron chi connectivity index (χ1n) is 6.42. The quantitative estimate of drug-likeness (QED) is 0.858. The van der Waals surface area contributed by atoms with Crippen LogP contribution in [0.3, 0.4) is 0 Å². The van der Waals surface area contributed by atoms with E-state index >= 15 is 0 Å². The van der Waals surface area contributed by atoms with Crippen molar-refractivity contribution in [3.05, 3.63) is 23.4 Å². The molecule has 0 radical (unpaired) electrons. The van der Waals surface area contributed by atoms with Crippen molar-refractivity contribution in [3.63, 3.8) is 0 Å². The van der Waals surface area contributed by atoms with Gasteiger partial charge in [-0.3, -0.25) is 14.3 Å². The van der Waals surface area contributed by atoms with E-state index in [2.05, 4.69) is 5.10 Å². The van der Waals surface area contributed by atoms with Crippen LogP contribution in [0.2, 0.25) is 0 Å². The van der Waals surface area contributed by atoms with E-state index in [0.717, 1.165) is 22.2 Å². The third-order valence-corrected chi connectivity index (χ3v) is 3.35. The molecule has 0 fully saturated rings. The van der Waals surface area contributed by atoms with Gasteiger partial charge in [0.15, 0.2) is 0 Å². The number of anilines is 1. The Balaban J connectivity index is 2.55. The number of hydrogen-bond acceptors (Lipinski definition) is 4. The summed E-state index contributed by atoms with van der Waals surface area (Å²) in [6.45, 7) is 2.96. The maximum absolute atomic E-state index is 11.0. The Hall–Kier alpha value is -2.57. The molecule has 2 N–H and O–H groups in total. The van der Waals surface area contributed by atoms with E-state index in [9.17, 15) is 9.59 Å². The van der Waals surface area contributed by atoms with Crippen LogP contribution in [-0.2, 0) is 16.6 Å². The lowest BCUT2D eigenvalue weighted by atomic mass is 10.1. The molecule has 0 unspecified atom stereocenters. The molecule has 21 heavy (non-hydrogen) atoms. The fourth-order valence-corrected chi connectivity index (χ4v) is 2.47. The van der Waals surface area contributed by atoms with Crippen molar-refractivity contribution < 1.29 is 19.8 Å². The molecule has 0 aliphatic carbocycles. The van der Waals surface area contributed by atoms with Gasteiger partial charge >= 0.3 is 11.9 Å². The molecule has 0 amide bonds. The lowest BCUT2D eigenvalue weighted by Gasteiger charge is -2.23. The van der Waals surface area contributed by atoms with Crippen LogP contribution in [0, 0.1) is 13.8 Å². The molecule has 7 heteroatoms. The Kier molecular flexibility index (Phi) is 3.84. The van der Waals surface area contributed by atoms with Gasteiger partial charge in [0.25, 0.3) is 0 Å². The Morgan fingerprint density at radius 1 is 1.19 bits per heavy atom. The van der Waals surface area contributed by atoms with Crippen molar-refractivity contribution >= 4 is 28.5 Å². The number of carboxylic acids is 2. The van der Waals surface area contributed by atoms with E-state index in [1.807, 2.05) is 27.0 Å². The third kappa shape index (κ3) is 2.96. The average Bonchev–Trinajstić information content (AvgIpc) is 2.61. The maximum atomic E-state index is 11.0. The van der Waals surface area contributed by atoms with Gasteiger partial charge in [-0.05, 0) is 31.5 Å². The molecule has 1 aromatic heterocycles. The van der Waals surface area contributed by atoms with Gasteiger partial charge in [0.05, 0.1) is 11.2 Å². The largest absolute Gasteiger partial charge is 0.480 e. The predicted octanol–water partition coefficient (Wildman–Crippen LogP) is 1.17. The van der Waals surface area contributed by atoms with Gasteiger partial charge in [0.2, 0.25) is 0 Å². The Morgan fingerprint density at radius 2 is 1.76 bits per heavy atom. The molecular formula is C14H17N3O4. The van der Waals surface area contributed by atoms with Gasteiger partial charge in [-0.25, -0.2) is 0 Å². The lowest BCUT2D eigenvalue weighted by molar-refractivity contribution is -0.136. The van der Waals surface area contributed by atoms with Gasteiger partial charge in [-0.1, -0.05) is 0 Å². The van der Waals surface area contributed by atoms with Crippen molar-refractivity contribution in [3.8, 4) is 0 Å². The second-order valence-corrected chi connectivity index (χ2v) is 5.01. The summed E-state index contributed by atoms with van der Waals surface area (Å²) in [5.41, 5.74) is 3.16. The molecule has 1 heterocycles. The number of aromatic nitrogens is 2. The molecule has 112 valence electrons. The predicted molar refractivity (Wildman–Crippen MR) is 77.7 cm³/mol. The van der Waals surface area contributed by atoms with Crippen LogP contribution in [0.15, 0.2) is 12.1 Å². The lowest BCUT2D eigenvalue weighted by Crippen LogP contribution is -2.34. The zero-order valence-electron chi connectivity index (χ0n) is 12.1. The van der Waals surface area contributed by atoms with Crippen LogP contribution >= 0.6 is 0 Å². The molecule has 0 saturated carbocycles. The van der Waals surface area contributed by atoms with Crippen LogP contribution in [0.25, 0.3) is 10.9 Å². The maximum Gasteiger partial charge on any atom is 0.323 e. The Bertz CT molecular complexity index is 705.